The third-order valence-corrected chi connectivity index (χ3v) is 4.41. The first-order valence-corrected chi connectivity index (χ1v) is 8.42. The molecular formula is C18H22FNS. The van der Waals surface area contributed by atoms with Gasteiger partial charge in [-0.3, -0.25) is 0 Å². The summed E-state index contributed by atoms with van der Waals surface area (Å²) >= 11 is 1.71. The van der Waals surface area contributed by atoms with Crippen molar-refractivity contribution in [2.45, 2.75) is 30.7 Å². The molecule has 3 heteroatoms. The van der Waals surface area contributed by atoms with E-state index in [1.807, 2.05) is 12.1 Å². The molecule has 0 spiro atoms. The first-order valence-electron chi connectivity index (χ1n) is 7.43. The second kappa shape index (κ2) is 8.85. The minimum absolute atomic E-state index is 0.166. The Labute approximate surface area is 131 Å². The molecule has 0 heterocycles. The predicted octanol–water partition coefficient (Wildman–Crippen LogP) is 4.53. The van der Waals surface area contributed by atoms with Gasteiger partial charge in [0.2, 0.25) is 0 Å². The van der Waals surface area contributed by atoms with Crippen molar-refractivity contribution in [2.24, 2.45) is 0 Å². The van der Waals surface area contributed by atoms with Crippen LogP contribution in [-0.2, 0) is 6.42 Å². The molecule has 0 aliphatic heterocycles. The van der Waals surface area contributed by atoms with Crippen molar-refractivity contribution in [3.05, 3.63) is 66.0 Å². The van der Waals surface area contributed by atoms with Crippen LogP contribution in [0.5, 0.6) is 0 Å². The summed E-state index contributed by atoms with van der Waals surface area (Å²) in [6, 6.07) is 17.7. The maximum Gasteiger partial charge on any atom is 0.124 e. The van der Waals surface area contributed by atoms with E-state index in [1.165, 1.54) is 11.6 Å². The Hall–Kier alpha value is -1.32. The molecule has 0 bridgehead atoms. The van der Waals surface area contributed by atoms with Gasteiger partial charge in [0.15, 0.2) is 0 Å². The molecule has 2 aromatic rings. The number of halogens is 1. The van der Waals surface area contributed by atoms with Gasteiger partial charge in [-0.15, -0.1) is 11.8 Å². The molecule has 0 fully saturated rings. The van der Waals surface area contributed by atoms with Crippen LogP contribution in [0, 0.1) is 5.82 Å². The van der Waals surface area contributed by atoms with Gasteiger partial charge in [-0.05, 0) is 43.1 Å². The zero-order valence-corrected chi connectivity index (χ0v) is 13.2. The molecule has 0 saturated heterocycles. The van der Waals surface area contributed by atoms with E-state index < -0.39 is 0 Å². The molecule has 1 N–H and O–H groups in total. The number of hydrogen-bond donors (Lipinski definition) is 1. The van der Waals surface area contributed by atoms with E-state index in [-0.39, 0.29) is 5.82 Å². The van der Waals surface area contributed by atoms with Gasteiger partial charge in [-0.1, -0.05) is 43.3 Å². The van der Waals surface area contributed by atoms with Crippen LogP contribution < -0.4 is 5.32 Å². The average Bonchev–Trinajstić information content (AvgIpc) is 2.51. The maximum absolute atomic E-state index is 13.2. The average molecular weight is 303 g/mol. The van der Waals surface area contributed by atoms with Crippen molar-refractivity contribution in [3.8, 4) is 0 Å². The summed E-state index contributed by atoms with van der Waals surface area (Å²) in [6.07, 6.45) is 2.12. The third-order valence-electron chi connectivity index (χ3n) is 3.26. The van der Waals surface area contributed by atoms with Gasteiger partial charge in [-0.25, -0.2) is 4.39 Å². The largest absolute Gasteiger partial charge is 0.313 e. The van der Waals surface area contributed by atoms with Crippen LogP contribution in [0.1, 0.15) is 18.9 Å². The Morgan fingerprint density at radius 2 is 1.90 bits per heavy atom. The molecule has 21 heavy (non-hydrogen) atoms. The Morgan fingerprint density at radius 1 is 1.10 bits per heavy atom. The van der Waals surface area contributed by atoms with Gasteiger partial charge in [0.25, 0.3) is 0 Å². The van der Waals surface area contributed by atoms with E-state index >= 15 is 0 Å². The number of rotatable bonds is 8. The van der Waals surface area contributed by atoms with Crippen molar-refractivity contribution >= 4 is 11.8 Å². The molecule has 0 aliphatic carbocycles. The quantitative estimate of drug-likeness (QED) is 0.719. The smallest absolute Gasteiger partial charge is 0.124 e. The fraction of sp³-hybridized carbons (Fsp3) is 0.333. The maximum atomic E-state index is 13.2. The van der Waals surface area contributed by atoms with Crippen molar-refractivity contribution < 1.29 is 4.39 Å². The summed E-state index contributed by atoms with van der Waals surface area (Å²) in [5.74, 6) is 0.777. The molecule has 1 nitrogen and oxygen atoms in total. The highest BCUT2D eigenvalue weighted by atomic mass is 32.2. The monoisotopic (exact) mass is 303 g/mol. The van der Waals surface area contributed by atoms with Crippen molar-refractivity contribution in [1.82, 2.24) is 5.32 Å². The zero-order valence-electron chi connectivity index (χ0n) is 12.4. The number of hydrogen-bond acceptors (Lipinski definition) is 2. The highest BCUT2D eigenvalue weighted by Gasteiger charge is 2.09. The van der Waals surface area contributed by atoms with Gasteiger partial charge in [-0.2, -0.15) is 0 Å². The van der Waals surface area contributed by atoms with Gasteiger partial charge >= 0.3 is 0 Å². The molecular weight excluding hydrogens is 281 g/mol. The molecule has 0 aliphatic rings. The van der Waals surface area contributed by atoms with Crippen molar-refractivity contribution in [3.63, 3.8) is 0 Å². The van der Waals surface area contributed by atoms with Gasteiger partial charge < -0.3 is 5.32 Å². The summed E-state index contributed by atoms with van der Waals surface area (Å²) in [5.41, 5.74) is 1.34. The van der Waals surface area contributed by atoms with E-state index in [2.05, 4.69) is 36.5 Å². The lowest BCUT2D eigenvalue weighted by Crippen LogP contribution is -2.34. The van der Waals surface area contributed by atoms with Gasteiger partial charge in [0, 0.05) is 16.7 Å². The normalized spacial score (nSPS) is 12.3. The Kier molecular flexibility index (Phi) is 6.77. The SMILES string of the molecule is CCCNC(CSc1cccc(F)c1)Cc1ccccc1. The standard InChI is InChI=1S/C18H22FNS/c1-2-11-20-17(12-15-7-4-3-5-8-15)14-21-18-10-6-9-16(19)13-18/h3-10,13,17,20H,2,11-12,14H2,1H3. The Morgan fingerprint density at radius 3 is 2.62 bits per heavy atom. The predicted molar refractivity (Wildman–Crippen MR) is 89.4 cm³/mol. The highest BCUT2D eigenvalue weighted by molar-refractivity contribution is 7.99. The van der Waals surface area contributed by atoms with E-state index in [4.69, 9.17) is 0 Å². The van der Waals surface area contributed by atoms with Gasteiger partial charge in [0.1, 0.15) is 5.82 Å². The first kappa shape index (κ1) is 16.1. The molecule has 2 rings (SSSR count). The zero-order chi connectivity index (χ0) is 14.9. The second-order valence-corrected chi connectivity index (χ2v) is 6.20. The Balaban J connectivity index is 1.92. The first-order chi connectivity index (χ1) is 10.3. The lowest BCUT2D eigenvalue weighted by molar-refractivity contribution is 0.550. The van der Waals surface area contributed by atoms with Crippen LogP contribution in [0.2, 0.25) is 0 Å². The highest BCUT2D eigenvalue weighted by Crippen LogP contribution is 2.20. The summed E-state index contributed by atoms with van der Waals surface area (Å²) in [4.78, 5) is 0.992. The summed E-state index contributed by atoms with van der Waals surface area (Å²) < 4.78 is 13.2. The van der Waals surface area contributed by atoms with E-state index in [0.29, 0.717) is 6.04 Å². The summed E-state index contributed by atoms with van der Waals surface area (Å²) in [5, 5.41) is 3.59. The van der Waals surface area contributed by atoms with Crippen LogP contribution in [0.3, 0.4) is 0 Å². The van der Waals surface area contributed by atoms with Crippen LogP contribution in [0.25, 0.3) is 0 Å². The molecule has 112 valence electrons. The molecule has 2 aromatic carbocycles. The molecule has 0 amide bonds. The molecule has 1 atom stereocenters. The minimum atomic E-state index is -0.166. The van der Waals surface area contributed by atoms with Crippen LogP contribution in [0.15, 0.2) is 59.5 Å². The van der Waals surface area contributed by atoms with Gasteiger partial charge in [0.05, 0.1) is 0 Å². The molecule has 0 aromatic heterocycles. The summed E-state index contributed by atoms with van der Waals surface area (Å²) in [6.45, 7) is 3.19. The minimum Gasteiger partial charge on any atom is -0.313 e. The number of nitrogens with one attached hydrogen (secondary N) is 1. The number of benzene rings is 2. The fourth-order valence-electron chi connectivity index (χ4n) is 2.19. The fourth-order valence-corrected chi connectivity index (χ4v) is 3.19. The van der Waals surface area contributed by atoms with Crippen LogP contribution in [0.4, 0.5) is 4.39 Å². The lowest BCUT2D eigenvalue weighted by Gasteiger charge is -2.18. The third kappa shape index (κ3) is 5.90. The topological polar surface area (TPSA) is 12.0 Å². The molecule has 1 unspecified atom stereocenters. The summed E-state index contributed by atoms with van der Waals surface area (Å²) in [7, 11) is 0. The number of thioether (sulfide) groups is 1. The van der Waals surface area contributed by atoms with Crippen molar-refractivity contribution in [1.29, 1.82) is 0 Å². The van der Waals surface area contributed by atoms with Crippen molar-refractivity contribution in [2.75, 3.05) is 12.3 Å². The lowest BCUT2D eigenvalue weighted by atomic mass is 10.1. The van der Waals surface area contributed by atoms with Crippen LogP contribution >= 0.6 is 11.8 Å². The van der Waals surface area contributed by atoms with Crippen LogP contribution in [-0.4, -0.2) is 18.3 Å². The molecule has 0 saturated carbocycles. The van der Waals surface area contributed by atoms with E-state index in [9.17, 15) is 4.39 Å². The van der Waals surface area contributed by atoms with E-state index in [1.54, 1.807) is 23.9 Å². The van der Waals surface area contributed by atoms with E-state index in [0.717, 1.165) is 30.0 Å². The Bertz CT molecular complexity index is 530. The molecule has 0 radical (unpaired) electrons. The second-order valence-electron chi connectivity index (χ2n) is 5.11.